The molecule has 1 rings (SSSR count). The van der Waals surface area contributed by atoms with Gasteiger partial charge < -0.3 is 15.8 Å². The maximum absolute atomic E-state index is 10.3. The first-order chi connectivity index (χ1) is 8.18. The van der Waals surface area contributed by atoms with Crippen molar-refractivity contribution in [2.75, 3.05) is 0 Å². The Morgan fingerprint density at radius 3 is 2.53 bits per heavy atom. The predicted molar refractivity (Wildman–Crippen MR) is 67.6 cm³/mol. The Balaban J connectivity index is 0.000000419. The summed E-state index contributed by atoms with van der Waals surface area (Å²) in [5.41, 5.74) is 5.33. The molecule has 1 aromatic heterocycles. The lowest BCUT2D eigenvalue weighted by molar-refractivity contribution is -0.138. The smallest absolute Gasteiger partial charge is 0.320 e. The molecule has 0 bridgehead atoms. The van der Waals surface area contributed by atoms with Gasteiger partial charge in [-0.3, -0.25) is 4.79 Å². The number of unbranched alkanes of at least 4 members (excludes halogenated alkanes) is 4. The van der Waals surface area contributed by atoms with Gasteiger partial charge in [-0.15, -0.1) is 0 Å². The molecule has 17 heavy (non-hydrogen) atoms. The van der Waals surface area contributed by atoms with Crippen molar-refractivity contribution in [3.63, 3.8) is 0 Å². The fourth-order valence-corrected chi connectivity index (χ4v) is 1.31. The summed E-state index contributed by atoms with van der Waals surface area (Å²) in [6.45, 7) is 2.16. The molecule has 98 valence electrons. The third-order valence-corrected chi connectivity index (χ3v) is 2.34. The van der Waals surface area contributed by atoms with Gasteiger partial charge in [0.2, 0.25) is 0 Å². The Morgan fingerprint density at radius 2 is 2.12 bits per heavy atom. The number of hydrogen-bond donors (Lipinski definition) is 3. The van der Waals surface area contributed by atoms with Crippen LogP contribution in [-0.2, 0) is 4.79 Å². The van der Waals surface area contributed by atoms with Crippen LogP contribution in [0.25, 0.3) is 0 Å². The van der Waals surface area contributed by atoms with E-state index in [4.69, 9.17) is 10.8 Å². The summed E-state index contributed by atoms with van der Waals surface area (Å²) in [4.78, 5) is 16.7. The maximum atomic E-state index is 10.3. The summed E-state index contributed by atoms with van der Waals surface area (Å²) in [5.74, 6) is -0.884. The Labute approximate surface area is 102 Å². The molecule has 5 heteroatoms. The standard InChI is InChI=1S/C9H19NO2.C3H4N2/c1-2-3-4-5-6-7-8(10)9(11)12;1-2-5-3-4-1/h8H,2-7,10H2,1H3,(H,11,12);1-3H,(H,4,5). The van der Waals surface area contributed by atoms with E-state index in [0.717, 1.165) is 12.8 Å². The van der Waals surface area contributed by atoms with Gasteiger partial charge in [-0.25, -0.2) is 4.98 Å². The van der Waals surface area contributed by atoms with Crippen molar-refractivity contribution in [3.8, 4) is 0 Å². The van der Waals surface area contributed by atoms with Crippen LogP contribution in [0.15, 0.2) is 18.7 Å². The highest BCUT2D eigenvalue weighted by Crippen LogP contribution is 2.06. The second kappa shape index (κ2) is 11.1. The molecule has 0 fully saturated rings. The first-order valence-corrected chi connectivity index (χ1v) is 6.09. The van der Waals surface area contributed by atoms with Crippen LogP contribution in [0.3, 0.4) is 0 Å². The van der Waals surface area contributed by atoms with E-state index in [1.807, 2.05) is 0 Å². The van der Waals surface area contributed by atoms with Crippen molar-refractivity contribution in [1.29, 1.82) is 0 Å². The summed E-state index contributed by atoms with van der Waals surface area (Å²) in [6, 6.07) is -0.661. The summed E-state index contributed by atoms with van der Waals surface area (Å²) >= 11 is 0. The number of nitrogens with one attached hydrogen (secondary N) is 1. The zero-order valence-corrected chi connectivity index (χ0v) is 10.4. The van der Waals surface area contributed by atoms with Gasteiger partial charge in [0.25, 0.3) is 0 Å². The number of aromatic amines is 1. The molecule has 0 amide bonds. The van der Waals surface area contributed by atoms with Gasteiger partial charge in [-0.1, -0.05) is 39.0 Å². The average Bonchev–Trinajstić information content (AvgIpc) is 2.87. The van der Waals surface area contributed by atoms with Crippen LogP contribution >= 0.6 is 0 Å². The minimum Gasteiger partial charge on any atom is -0.480 e. The van der Waals surface area contributed by atoms with Gasteiger partial charge in [-0.2, -0.15) is 0 Å². The van der Waals surface area contributed by atoms with Crippen molar-refractivity contribution in [2.45, 2.75) is 51.5 Å². The van der Waals surface area contributed by atoms with Crippen molar-refractivity contribution in [3.05, 3.63) is 18.7 Å². The van der Waals surface area contributed by atoms with E-state index < -0.39 is 12.0 Å². The van der Waals surface area contributed by atoms with Gasteiger partial charge in [0.1, 0.15) is 6.04 Å². The highest BCUT2D eigenvalue weighted by atomic mass is 16.4. The summed E-state index contributed by atoms with van der Waals surface area (Å²) < 4.78 is 0. The fourth-order valence-electron chi connectivity index (χ4n) is 1.31. The first kappa shape index (κ1) is 15.6. The van der Waals surface area contributed by atoms with Crippen LogP contribution in [-0.4, -0.2) is 27.1 Å². The van der Waals surface area contributed by atoms with E-state index >= 15 is 0 Å². The molecule has 5 nitrogen and oxygen atoms in total. The minimum atomic E-state index is -0.884. The van der Waals surface area contributed by atoms with Crippen LogP contribution < -0.4 is 5.73 Å². The molecule has 0 radical (unpaired) electrons. The fraction of sp³-hybridized carbons (Fsp3) is 0.667. The Bertz CT molecular complexity index is 246. The van der Waals surface area contributed by atoms with Gasteiger partial charge in [0.05, 0.1) is 6.33 Å². The molecule has 1 atom stereocenters. The molecule has 1 unspecified atom stereocenters. The number of imidazole rings is 1. The number of carboxylic acid groups (broad SMARTS) is 1. The van der Waals surface area contributed by atoms with Crippen molar-refractivity contribution in [1.82, 2.24) is 9.97 Å². The highest BCUT2D eigenvalue weighted by Gasteiger charge is 2.09. The maximum Gasteiger partial charge on any atom is 0.320 e. The lowest BCUT2D eigenvalue weighted by Crippen LogP contribution is -2.29. The zero-order valence-electron chi connectivity index (χ0n) is 10.4. The average molecular weight is 241 g/mol. The van der Waals surface area contributed by atoms with Gasteiger partial charge in [-0.05, 0) is 6.42 Å². The first-order valence-electron chi connectivity index (χ1n) is 6.09. The van der Waals surface area contributed by atoms with Crippen molar-refractivity contribution < 1.29 is 9.90 Å². The third-order valence-electron chi connectivity index (χ3n) is 2.34. The number of H-pyrrole nitrogens is 1. The van der Waals surface area contributed by atoms with Crippen LogP contribution in [0, 0.1) is 0 Å². The van der Waals surface area contributed by atoms with Gasteiger partial charge >= 0.3 is 5.97 Å². The molecule has 0 aromatic carbocycles. The second-order valence-corrected chi connectivity index (χ2v) is 3.91. The molecule has 0 saturated heterocycles. The third kappa shape index (κ3) is 10.9. The Kier molecular flexibility index (Phi) is 10.2. The monoisotopic (exact) mass is 241 g/mol. The quantitative estimate of drug-likeness (QED) is 0.638. The molecule has 4 N–H and O–H groups in total. The highest BCUT2D eigenvalue weighted by molar-refractivity contribution is 5.72. The van der Waals surface area contributed by atoms with Crippen molar-refractivity contribution in [2.24, 2.45) is 5.73 Å². The lowest BCUT2D eigenvalue weighted by atomic mass is 10.1. The van der Waals surface area contributed by atoms with Gasteiger partial charge in [0.15, 0.2) is 0 Å². The number of aromatic nitrogens is 2. The number of aliphatic carboxylic acids is 1. The normalized spacial score (nSPS) is 11.4. The number of carbonyl (C=O) groups is 1. The second-order valence-electron chi connectivity index (χ2n) is 3.91. The SMILES string of the molecule is CCCCCCCC(N)C(=O)O.c1c[nH]cn1. The van der Waals surface area contributed by atoms with Crippen LogP contribution in [0.4, 0.5) is 0 Å². The van der Waals surface area contributed by atoms with E-state index in [-0.39, 0.29) is 0 Å². The Morgan fingerprint density at radius 1 is 1.41 bits per heavy atom. The molecule has 1 heterocycles. The molecule has 0 spiro atoms. The van der Waals surface area contributed by atoms with E-state index in [1.165, 1.54) is 19.3 Å². The molecule has 0 aliphatic rings. The Hall–Kier alpha value is -1.36. The summed E-state index contributed by atoms with van der Waals surface area (Å²) in [6.07, 6.45) is 11.4. The summed E-state index contributed by atoms with van der Waals surface area (Å²) in [5, 5.41) is 8.46. The number of nitrogens with zero attached hydrogens (tertiary/aromatic N) is 1. The largest absolute Gasteiger partial charge is 0.480 e. The van der Waals surface area contributed by atoms with E-state index in [2.05, 4.69) is 16.9 Å². The van der Waals surface area contributed by atoms with Crippen molar-refractivity contribution >= 4 is 5.97 Å². The molecule has 0 saturated carbocycles. The lowest BCUT2D eigenvalue weighted by Gasteiger charge is -2.04. The number of hydrogen-bond acceptors (Lipinski definition) is 3. The zero-order chi connectivity index (χ0) is 12.9. The molecular formula is C12H23N3O2. The van der Waals surface area contributed by atoms with Crippen LogP contribution in [0.5, 0.6) is 0 Å². The molecule has 0 aliphatic carbocycles. The number of nitrogens with two attached hydrogens (primary N) is 1. The van der Waals surface area contributed by atoms with Crippen LogP contribution in [0.1, 0.15) is 45.4 Å². The topological polar surface area (TPSA) is 92.0 Å². The van der Waals surface area contributed by atoms with E-state index in [0.29, 0.717) is 6.42 Å². The predicted octanol–water partition coefficient (Wildman–Crippen LogP) is 2.17. The summed E-state index contributed by atoms with van der Waals surface area (Å²) in [7, 11) is 0. The molecular weight excluding hydrogens is 218 g/mol. The van der Waals surface area contributed by atoms with Gasteiger partial charge in [0, 0.05) is 12.4 Å². The number of rotatable bonds is 7. The van der Waals surface area contributed by atoms with Crippen LogP contribution in [0.2, 0.25) is 0 Å². The minimum absolute atomic E-state index is 0.610. The molecule has 1 aromatic rings. The number of carboxylic acids is 1. The molecule has 0 aliphatic heterocycles. The van der Waals surface area contributed by atoms with E-state index in [9.17, 15) is 4.79 Å². The van der Waals surface area contributed by atoms with E-state index in [1.54, 1.807) is 18.7 Å².